The third kappa shape index (κ3) is 3.26. The first-order valence-corrected chi connectivity index (χ1v) is 9.43. The van der Waals surface area contributed by atoms with Crippen molar-refractivity contribution < 1.29 is 23.6 Å². The minimum Gasteiger partial charge on any atom is -0.448 e. The summed E-state index contributed by atoms with van der Waals surface area (Å²) in [7, 11) is 0. The number of hydrogen-bond donors (Lipinski definition) is 2. The van der Waals surface area contributed by atoms with Crippen molar-refractivity contribution in [3.05, 3.63) is 23.7 Å². The van der Waals surface area contributed by atoms with Crippen LogP contribution in [0.2, 0.25) is 0 Å². The van der Waals surface area contributed by atoms with E-state index in [-0.39, 0.29) is 11.6 Å². The molecule has 2 aromatic rings. The van der Waals surface area contributed by atoms with Crippen molar-refractivity contribution in [2.45, 2.75) is 57.3 Å². The summed E-state index contributed by atoms with van der Waals surface area (Å²) < 4.78 is 16.2. The highest BCUT2D eigenvalue weighted by Gasteiger charge is 2.54. The number of amides is 1. The number of aromatic nitrogens is 3. The topological polar surface area (TPSA) is 127 Å². The maximum absolute atomic E-state index is 12.6. The third-order valence-corrected chi connectivity index (χ3v) is 5.77. The number of nitrogens with one attached hydrogen (secondary N) is 1. The summed E-state index contributed by atoms with van der Waals surface area (Å²) >= 11 is 0. The highest BCUT2D eigenvalue weighted by atomic mass is 16.5. The first-order valence-electron chi connectivity index (χ1n) is 9.43. The van der Waals surface area contributed by atoms with Crippen LogP contribution in [0.3, 0.4) is 0 Å². The smallest absolute Gasteiger partial charge is 0.273 e. The Kier molecular flexibility index (Phi) is 4.62. The van der Waals surface area contributed by atoms with Gasteiger partial charge in [0.15, 0.2) is 11.6 Å². The number of rotatable bonds is 3. The second-order valence-electron chi connectivity index (χ2n) is 7.79. The predicted molar refractivity (Wildman–Crippen MR) is 96.9 cm³/mol. The van der Waals surface area contributed by atoms with Gasteiger partial charge in [-0.2, -0.15) is 4.98 Å². The molecule has 2 saturated heterocycles. The number of carbonyl (C=O) groups excluding carboxylic acids is 1. The highest BCUT2D eigenvalue weighted by Crippen LogP contribution is 2.40. The number of ether oxygens (including phenoxy) is 1. The number of anilines is 1. The number of aliphatic hydroxyl groups excluding tert-OH is 1. The molecule has 0 radical (unpaired) electrons. The predicted octanol–water partition coefficient (Wildman–Crippen LogP) is 0.983. The lowest BCUT2D eigenvalue weighted by atomic mass is 9.73. The van der Waals surface area contributed by atoms with Gasteiger partial charge in [-0.3, -0.25) is 4.79 Å². The summed E-state index contributed by atoms with van der Waals surface area (Å²) in [5, 5.41) is 18.1. The van der Waals surface area contributed by atoms with Gasteiger partial charge in [-0.1, -0.05) is 0 Å². The van der Waals surface area contributed by atoms with E-state index < -0.39 is 17.2 Å². The Labute approximate surface area is 162 Å². The lowest BCUT2D eigenvalue weighted by Gasteiger charge is -2.53. The molecule has 2 aromatic heterocycles. The Morgan fingerprint density at radius 1 is 1.25 bits per heavy atom. The molecular formula is C18H25N5O5. The van der Waals surface area contributed by atoms with E-state index in [1.807, 2.05) is 11.8 Å². The van der Waals surface area contributed by atoms with Gasteiger partial charge in [-0.05, 0) is 31.3 Å². The second-order valence-corrected chi connectivity index (χ2v) is 7.79. The molecule has 2 aliphatic heterocycles. The van der Waals surface area contributed by atoms with Crippen LogP contribution in [0, 0.1) is 13.8 Å². The summed E-state index contributed by atoms with van der Waals surface area (Å²) in [4.78, 5) is 22.9. The van der Waals surface area contributed by atoms with Crippen LogP contribution in [0.1, 0.15) is 48.5 Å². The van der Waals surface area contributed by atoms with Gasteiger partial charge in [0.2, 0.25) is 5.89 Å². The van der Waals surface area contributed by atoms with E-state index in [0.29, 0.717) is 56.7 Å². The van der Waals surface area contributed by atoms with Gasteiger partial charge in [-0.25, -0.2) is 4.98 Å². The van der Waals surface area contributed by atoms with E-state index in [9.17, 15) is 9.90 Å². The minimum absolute atomic E-state index is 0.203. The summed E-state index contributed by atoms with van der Waals surface area (Å²) in [6.45, 7) is 6.98. The van der Waals surface area contributed by atoms with Crippen molar-refractivity contribution in [3.8, 4) is 0 Å². The summed E-state index contributed by atoms with van der Waals surface area (Å²) in [6.07, 6.45) is 2.15. The lowest BCUT2D eigenvalue weighted by Crippen LogP contribution is -2.69. The normalized spacial score (nSPS) is 27.1. The Morgan fingerprint density at radius 3 is 2.61 bits per heavy atom. The van der Waals surface area contributed by atoms with Crippen LogP contribution in [-0.2, 0) is 4.74 Å². The molecule has 0 aliphatic carbocycles. The molecule has 28 heavy (non-hydrogen) atoms. The number of aliphatic hydroxyl groups is 1. The van der Waals surface area contributed by atoms with Gasteiger partial charge in [0.25, 0.3) is 11.9 Å². The van der Waals surface area contributed by atoms with Crippen LogP contribution >= 0.6 is 0 Å². The molecule has 0 aromatic carbocycles. The van der Waals surface area contributed by atoms with E-state index in [1.165, 1.54) is 6.26 Å². The van der Waals surface area contributed by atoms with Crippen molar-refractivity contribution in [2.24, 2.45) is 0 Å². The van der Waals surface area contributed by atoms with Crippen LogP contribution < -0.4 is 10.2 Å². The van der Waals surface area contributed by atoms with Gasteiger partial charge in [0.05, 0.1) is 11.1 Å². The Hall–Kier alpha value is -2.46. The zero-order valence-corrected chi connectivity index (χ0v) is 16.3. The molecule has 152 valence electrons. The Balaban J connectivity index is 1.46. The lowest BCUT2D eigenvalue weighted by molar-refractivity contribution is -0.195. The molecule has 1 amide bonds. The van der Waals surface area contributed by atoms with E-state index in [4.69, 9.17) is 13.7 Å². The number of hydrogen-bond acceptors (Lipinski definition) is 9. The van der Waals surface area contributed by atoms with Crippen molar-refractivity contribution in [2.75, 3.05) is 24.6 Å². The van der Waals surface area contributed by atoms with E-state index in [0.717, 1.165) is 0 Å². The number of piperidine rings is 1. The standard InChI is InChI=1S/C18H25N5O5/c1-11-19-13(10-26-11)14(24)21-17(3)6-9-27-18(15(17)25)4-7-23(8-5-18)16-20-12(2)28-22-16/h10,15,25H,4-9H2,1-3H3,(H,21,24)/t15-,17+/m1/s1. The first-order chi connectivity index (χ1) is 13.3. The molecule has 10 nitrogen and oxygen atoms in total. The van der Waals surface area contributed by atoms with Gasteiger partial charge in [0.1, 0.15) is 12.4 Å². The molecule has 2 N–H and O–H groups in total. The van der Waals surface area contributed by atoms with Crippen LogP contribution in [0.15, 0.2) is 15.2 Å². The molecule has 10 heteroatoms. The fourth-order valence-electron chi connectivity index (χ4n) is 4.10. The molecule has 0 unspecified atom stereocenters. The summed E-state index contributed by atoms with van der Waals surface area (Å²) in [5.74, 6) is 1.12. The average molecular weight is 391 g/mol. The molecule has 2 atom stereocenters. The molecular weight excluding hydrogens is 366 g/mol. The minimum atomic E-state index is -0.861. The Bertz CT molecular complexity index is 856. The SMILES string of the molecule is Cc1nc(C(=O)N[C@@]2(C)CCOC3(CCN(c4noc(C)n4)CC3)[C@@H]2O)co1. The van der Waals surface area contributed by atoms with Crippen molar-refractivity contribution >= 4 is 11.9 Å². The molecule has 2 aliphatic rings. The molecule has 0 saturated carbocycles. The van der Waals surface area contributed by atoms with Gasteiger partial charge >= 0.3 is 0 Å². The second kappa shape index (κ2) is 6.85. The summed E-state index contributed by atoms with van der Waals surface area (Å²) in [6, 6.07) is 0. The van der Waals surface area contributed by atoms with Crippen molar-refractivity contribution in [1.82, 2.24) is 20.4 Å². The van der Waals surface area contributed by atoms with Crippen LogP contribution in [0.25, 0.3) is 0 Å². The molecule has 1 spiro atoms. The third-order valence-electron chi connectivity index (χ3n) is 5.77. The number of aryl methyl sites for hydroxylation is 2. The van der Waals surface area contributed by atoms with Crippen LogP contribution in [0.4, 0.5) is 5.95 Å². The quantitative estimate of drug-likeness (QED) is 0.787. The van der Waals surface area contributed by atoms with Crippen LogP contribution in [0.5, 0.6) is 0 Å². The van der Waals surface area contributed by atoms with Gasteiger partial charge in [-0.15, -0.1) is 0 Å². The molecule has 2 fully saturated rings. The van der Waals surface area contributed by atoms with E-state index in [2.05, 4.69) is 20.4 Å². The van der Waals surface area contributed by atoms with E-state index in [1.54, 1.807) is 13.8 Å². The molecule has 4 rings (SSSR count). The van der Waals surface area contributed by atoms with E-state index >= 15 is 0 Å². The molecule has 4 heterocycles. The van der Waals surface area contributed by atoms with Crippen molar-refractivity contribution in [3.63, 3.8) is 0 Å². The average Bonchev–Trinajstić information content (AvgIpc) is 3.29. The number of carbonyl (C=O) groups is 1. The fourth-order valence-corrected chi connectivity index (χ4v) is 4.10. The summed E-state index contributed by atoms with van der Waals surface area (Å²) in [5.41, 5.74) is -1.35. The monoisotopic (exact) mass is 391 g/mol. The zero-order chi connectivity index (χ0) is 19.9. The fraction of sp³-hybridized carbons (Fsp3) is 0.667. The maximum Gasteiger partial charge on any atom is 0.273 e. The van der Waals surface area contributed by atoms with Crippen LogP contribution in [-0.4, -0.2) is 63.1 Å². The molecule has 0 bridgehead atoms. The van der Waals surface area contributed by atoms with Crippen molar-refractivity contribution in [1.29, 1.82) is 0 Å². The maximum atomic E-state index is 12.6. The Morgan fingerprint density at radius 2 is 2.00 bits per heavy atom. The van der Waals surface area contributed by atoms with Gasteiger partial charge in [0, 0.05) is 33.5 Å². The first kappa shape index (κ1) is 18.9. The largest absolute Gasteiger partial charge is 0.448 e. The highest BCUT2D eigenvalue weighted by molar-refractivity contribution is 5.92. The zero-order valence-electron chi connectivity index (χ0n) is 16.3. The number of nitrogens with zero attached hydrogens (tertiary/aromatic N) is 4. The van der Waals surface area contributed by atoms with Gasteiger partial charge < -0.3 is 29.0 Å². The number of oxazole rings is 1.